The quantitative estimate of drug-likeness (QED) is 0.365. The van der Waals surface area contributed by atoms with Crippen molar-refractivity contribution in [2.24, 2.45) is 5.10 Å². The number of phenols is 1. The van der Waals surface area contributed by atoms with Crippen molar-refractivity contribution in [2.45, 2.75) is 0 Å². The molecule has 2 aromatic carbocycles. The number of aromatic hydroxyl groups is 1. The van der Waals surface area contributed by atoms with Crippen LogP contribution in [0.15, 0.2) is 53.6 Å². The Balaban J connectivity index is 1.80. The van der Waals surface area contributed by atoms with Crippen LogP contribution in [0.4, 0.5) is 0 Å². The number of hydrogen-bond acceptors (Lipinski definition) is 6. The van der Waals surface area contributed by atoms with Crippen LogP contribution in [0, 0.1) is 0 Å². The van der Waals surface area contributed by atoms with Crippen molar-refractivity contribution in [2.75, 3.05) is 20.8 Å². The van der Waals surface area contributed by atoms with Gasteiger partial charge in [-0.15, -0.1) is 0 Å². The first-order valence-corrected chi connectivity index (χ1v) is 8.31. The molecule has 0 unspecified atom stereocenters. The normalized spacial score (nSPS) is 10.8. The fraction of sp³-hybridized carbons (Fsp3) is 0.150. The highest BCUT2D eigenvalue weighted by atomic mass is 16.5. The van der Waals surface area contributed by atoms with Crippen molar-refractivity contribution in [3.8, 4) is 17.2 Å². The Morgan fingerprint density at radius 2 is 1.86 bits per heavy atom. The minimum Gasteiger partial charge on any atom is -0.504 e. The summed E-state index contributed by atoms with van der Waals surface area (Å²) >= 11 is 0. The van der Waals surface area contributed by atoms with E-state index in [9.17, 15) is 14.7 Å². The maximum Gasteiger partial charge on any atom is 0.259 e. The smallest absolute Gasteiger partial charge is 0.259 e. The number of nitrogens with zero attached hydrogens (tertiary/aromatic N) is 1. The van der Waals surface area contributed by atoms with Gasteiger partial charge in [0.05, 0.1) is 27.0 Å². The van der Waals surface area contributed by atoms with Gasteiger partial charge < -0.3 is 19.9 Å². The predicted octanol–water partition coefficient (Wildman–Crippen LogP) is 1.69. The van der Waals surface area contributed by atoms with E-state index in [1.807, 2.05) is 18.2 Å². The van der Waals surface area contributed by atoms with Crippen LogP contribution >= 0.6 is 0 Å². The first-order valence-electron chi connectivity index (χ1n) is 8.31. The molecule has 0 saturated carbocycles. The molecule has 8 nitrogen and oxygen atoms in total. The van der Waals surface area contributed by atoms with E-state index in [0.29, 0.717) is 17.1 Å². The molecule has 3 N–H and O–H groups in total. The highest BCUT2D eigenvalue weighted by Gasteiger charge is 2.04. The van der Waals surface area contributed by atoms with Gasteiger partial charge in [0, 0.05) is 11.6 Å². The van der Waals surface area contributed by atoms with Crippen LogP contribution in [0.1, 0.15) is 11.1 Å². The lowest BCUT2D eigenvalue weighted by molar-refractivity contribution is -0.123. The van der Waals surface area contributed by atoms with Gasteiger partial charge in [0.2, 0.25) is 5.91 Å². The summed E-state index contributed by atoms with van der Waals surface area (Å²) in [6.45, 7) is -0.231. The first-order chi connectivity index (χ1) is 13.5. The molecule has 0 aromatic heterocycles. The highest BCUT2D eigenvalue weighted by Crippen LogP contribution is 2.25. The largest absolute Gasteiger partial charge is 0.504 e. The van der Waals surface area contributed by atoms with Gasteiger partial charge in [0.25, 0.3) is 5.91 Å². The van der Waals surface area contributed by atoms with Gasteiger partial charge in [0.15, 0.2) is 11.5 Å². The number of benzene rings is 2. The molecule has 146 valence electrons. The molecule has 0 saturated heterocycles. The van der Waals surface area contributed by atoms with Crippen molar-refractivity contribution in [3.05, 3.63) is 59.7 Å². The molecule has 0 aliphatic heterocycles. The van der Waals surface area contributed by atoms with Crippen LogP contribution in [-0.4, -0.2) is 43.9 Å². The second-order valence-corrected chi connectivity index (χ2v) is 5.52. The Morgan fingerprint density at radius 3 is 2.61 bits per heavy atom. The maximum absolute atomic E-state index is 11.8. The summed E-state index contributed by atoms with van der Waals surface area (Å²) in [5.41, 5.74) is 3.67. The Hall–Kier alpha value is -3.81. The molecular formula is C20H21N3O5. The van der Waals surface area contributed by atoms with Crippen LogP contribution in [0.25, 0.3) is 6.08 Å². The lowest BCUT2D eigenvalue weighted by atomic mass is 10.2. The number of hydrogen-bond donors (Lipinski definition) is 3. The van der Waals surface area contributed by atoms with E-state index < -0.39 is 11.8 Å². The lowest BCUT2D eigenvalue weighted by Crippen LogP contribution is -2.34. The first kappa shape index (κ1) is 20.5. The minimum atomic E-state index is -0.485. The number of carbonyl (C=O) groups excluding carboxylic acids is 2. The average Bonchev–Trinajstić information content (AvgIpc) is 2.72. The molecule has 2 aromatic rings. The van der Waals surface area contributed by atoms with E-state index in [2.05, 4.69) is 15.8 Å². The van der Waals surface area contributed by atoms with E-state index in [-0.39, 0.29) is 12.3 Å². The summed E-state index contributed by atoms with van der Waals surface area (Å²) < 4.78 is 10.2. The summed E-state index contributed by atoms with van der Waals surface area (Å²) in [4.78, 5) is 23.6. The molecule has 0 spiro atoms. The second kappa shape index (κ2) is 10.4. The summed E-state index contributed by atoms with van der Waals surface area (Å²) in [5.74, 6) is 0.0378. The zero-order chi connectivity index (χ0) is 20.4. The number of phenolic OH excluding ortho intramolecular Hbond substituents is 1. The molecule has 2 amide bonds. The van der Waals surface area contributed by atoms with E-state index in [4.69, 9.17) is 9.47 Å². The van der Waals surface area contributed by atoms with E-state index >= 15 is 0 Å². The lowest BCUT2D eigenvalue weighted by Gasteiger charge is -2.04. The third-order valence-electron chi connectivity index (χ3n) is 3.58. The van der Waals surface area contributed by atoms with Gasteiger partial charge in [-0.1, -0.05) is 18.2 Å². The number of methoxy groups -OCH3 is 2. The molecule has 0 radical (unpaired) electrons. The molecule has 8 heteroatoms. The summed E-state index contributed by atoms with van der Waals surface area (Å²) in [7, 11) is 2.98. The topological polar surface area (TPSA) is 109 Å². The van der Waals surface area contributed by atoms with Gasteiger partial charge in [-0.05, 0) is 35.9 Å². The third kappa shape index (κ3) is 6.17. The third-order valence-corrected chi connectivity index (χ3v) is 3.58. The van der Waals surface area contributed by atoms with Gasteiger partial charge in [-0.2, -0.15) is 5.10 Å². The number of para-hydroxylation sites is 1. The predicted molar refractivity (Wildman–Crippen MR) is 105 cm³/mol. The molecule has 0 atom stereocenters. The van der Waals surface area contributed by atoms with Gasteiger partial charge in [0.1, 0.15) is 5.75 Å². The monoisotopic (exact) mass is 383 g/mol. The van der Waals surface area contributed by atoms with Crippen LogP contribution in [0.5, 0.6) is 17.2 Å². The molecule has 0 fully saturated rings. The van der Waals surface area contributed by atoms with Crippen LogP contribution in [0.2, 0.25) is 0 Å². The van der Waals surface area contributed by atoms with Crippen molar-refractivity contribution < 1.29 is 24.2 Å². The Morgan fingerprint density at radius 1 is 1.11 bits per heavy atom. The van der Waals surface area contributed by atoms with Crippen molar-refractivity contribution in [1.29, 1.82) is 0 Å². The van der Waals surface area contributed by atoms with Crippen LogP contribution in [-0.2, 0) is 9.59 Å². The van der Waals surface area contributed by atoms with Crippen LogP contribution < -0.4 is 20.2 Å². The zero-order valence-corrected chi connectivity index (χ0v) is 15.5. The molecule has 0 bridgehead atoms. The molecule has 0 heterocycles. The average molecular weight is 383 g/mol. The standard InChI is InChI=1S/C20H21N3O5/c1-27-17-6-4-3-5-15(17)8-10-19(25)21-13-20(26)23-22-12-14-7-9-16(24)18(11-14)28-2/h3-12,24H,13H2,1-2H3,(H,21,25)(H,23,26)/b10-8+,22-12+. The summed E-state index contributed by atoms with van der Waals surface area (Å²) in [5, 5.41) is 15.8. The number of nitrogens with one attached hydrogen (secondary N) is 2. The fourth-order valence-corrected chi connectivity index (χ4v) is 2.19. The number of hydrazone groups is 1. The fourth-order valence-electron chi connectivity index (χ4n) is 2.19. The van der Waals surface area contributed by atoms with Crippen molar-refractivity contribution >= 4 is 24.1 Å². The molecular weight excluding hydrogens is 362 g/mol. The van der Waals surface area contributed by atoms with E-state index in [0.717, 1.165) is 5.56 Å². The van der Waals surface area contributed by atoms with Gasteiger partial charge >= 0.3 is 0 Å². The Kier molecular flexibility index (Phi) is 7.59. The molecule has 0 aliphatic carbocycles. The SMILES string of the molecule is COc1cc(/C=N/NC(=O)CNC(=O)/C=C/c2ccccc2OC)ccc1O. The maximum atomic E-state index is 11.8. The molecule has 0 aliphatic rings. The zero-order valence-electron chi connectivity index (χ0n) is 15.5. The second-order valence-electron chi connectivity index (χ2n) is 5.52. The Labute approximate surface area is 162 Å². The molecule has 28 heavy (non-hydrogen) atoms. The van der Waals surface area contributed by atoms with E-state index in [1.165, 1.54) is 25.5 Å². The van der Waals surface area contributed by atoms with Gasteiger partial charge in [-0.3, -0.25) is 9.59 Å². The number of rotatable bonds is 8. The van der Waals surface area contributed by atoms with Crippen molar-refractivity contribution in [1.82, 2.24) is 10.7 Å². The van der Waals surface area contributed by atoms with Gasteiger partial charge in [-0.25, -0.2) is 5.43 Å². The number of amides is 2. The summed E-state index contributed by atoms with van der Waals surface area (Å²) in [6.07, 6.45) is 4.31. The Bertz CT molecular complexity index is 893. The number of carbonyl (C=O) groups is 2. The minimum absolute atomic E-state index is 0.00701. The molecule has 2 rings (SSSR count). The van der Waals surface area contributed by atoms with Crippen LogP contribution in [0.3, 0.4) is 0 Å². The number of ether oxygens (including phenoxy) is 2. The summed E-state index contributed by atoms with van der Waals surface area (Å²) in [6, 6.07) is 11.9. The van der Waals surface area contributed by atoms with E-state index in [1.54, 1.807) is 31.4 Å². The highest BCUT2D eigenvalue weighted by molar-refractivity contribution is 5.94. The van der Waals surface area contributed by atoms with Crippen molar-refractivity contribution in [3.63, 3.8) is 0 Å².